The molecule has 0 saturated carbocycles. The molecule has 8 nitrogen and oxygen atoms in total. The summed E-state index contributed by atoms with van der Waals surface area (Å²) in [6, 6.07) is 8.81. The number of aromatic nitrogens is 3. The first-order valence-electron chi connectivity index (χ1n) is 11.0. The van der Waals surface area contributed by atoms with Crippen LogP contribution in [0.25, 0.3) is 11.0 Å². The minimum atomic E-state index is -0.870. The van der Waals surface area contributed by atoms with Crippen LogP contribution in [-0.4, -0.2) is 42.7 Å². The van der Waals surface area contributed by atoms with Gasteiger partial charge in [-0.3, -0.25) is 0 Å². The Balaban J connectivity index is 1.66. The van der Waals surface area contributed by atoms with Crippen LogP contribution in [0.4, 0.5) is 14.5 Å². The van der Waals surface area contributed by atoms with Gasteiger partial charge in [-0.2, -0.15) is 5.10 Å². The van der Waals surface area contributed by atoms with E-state index in [9.17, 15) is 8.78 Å². The summed E-state index contributed by atoms with van der Waals surface area (Å²) >= 11 is 0. The standard InChI is InChI=1S/C26H26F2N4O4/c1-5-10-36-25-17(12-29-24-22(27)20(34-3)11-21(35-4)23(24)28)13-30-26-19(25)14-31-32(26)15-16-6-8-18(33-2)9-7-16/h5-9,11,13-14,29H,1,10,12,15H2,2-4H3. The fourth-order valence-corrected chi connectivity index (χ4v) is 3.73. The molecule has 4 aromatic rings. The van der Waals surface area contributed by atoms with Crippen LogP contribution >= 0.6 is 0 Å². The minimum Gasteiger partial charge on any atom is -0.497 e. The molecule has 188 valence electrons. The van der Waals surface area contributed by atoms with Gasteiger partial charge in [0.25, 0.3) is 0 Å². The van der Waals surface area contributed by atoms with Gasteiger partial charge in [0.1, 0.15) is 23.8 Å². The summed E-state index contributed by atoms with van der Waals surface area (Å²) in [7, 11) is 4.20. The second kappa shape index (κ2) is 10.9. The predicted molar refractivity (Wildman–Crippen MR) is 132 cm³/mol. The Morgan fingerprint density at radius 2 is 1.69 bits per heavy atom. The van der Waals surface area contributed by atoms with E-state index >= 15 is 0 Å². The molecule has 2 aromatic heterocycles. The van der Waals surface area contributed by atoms with Gasteiger partial charge in [0.2, 0.25) is 0 Å². The van der Waals surface area contributed by atoms with E-state index in [0.29, 0.717) is 28.9 Å². The molecule has 36 heavy (non-hydrogen) atoms. The van der Waals surface area contributed by atoms with Gasteiger partial charge in [0, 0.05) is 24.4 Å². The molecule has 0 aliphatic heterocycles. The van der Waals surface area contributed by atoms with Gasteiger partial charge in [0.05, 0.1) is 39.5 Å². The molecule has 2 aromatic carbocycles. The fourth-order valence-electron chi connectivity index (χ4n) is 3.73. The molecule has 0 spiro atoms. The van der Waals surface area contributed by atoms with Crippen molar-refractivity contribution in [3.63, 3.8) is 0 Å². The first kappa shape index (κ1) is 24.8. The van der Waals surface area contributed by atoms with E-state index in [1.54, 1.807) is 30.3 Å². The molecule has 0 atom stereocenters. The van der Waals surface area contributed by atoms with E-state index in [4.69, 9.17) is 18.9 Å². The highest BCUT2D eigenvalue weighted by Crippen LogP contribution is 2.36. The molecule has 10 heteroatoms. The minimum absolute atomic E-state index is 0.0171. The van der Waals surface area contributed by atoms with Crippen molar-refractivity contribution in [1.82, 2.24) is 14.8 Å². The third-order valence-corrected chi connectivity index (χ3v) is 5.56. The summed E-state index contributed by atoms with van der Waals surface area (Å²) in [4.78, 5) is 4.56. The van der Waals surface area contributed by atoms with Crippen LogP contribution in [0.5, 0.6) is 23.0 Å². The number of halogens is 2. The number of benzene rings is 2. The molecule has 0 amide bonds. The number of nitrogens with zero attached hydrogens (tertiary/aromatic N) is 3. The Hall–Kier alpha value is -4.34. The van der Waals surface area contributed by atoms with Gasteiger partial charge in [-0.1, -0.05) is 24.8 Å². The fraction of sp³-hybridized carbons (Fsp3) is 0.231. The third kappa shape index (κ3) is 4.88. The van der Waals surface area contributed by atoms with Crippen molar-refractivity contribution in [2.45, 2.75) is 13.1 Å². The van der Waals surface area contributed by atoms with Gasteiger partial charge in [0.15, 0.2) is 28.8 Å². The number of pyridine rings is 1. The molecule has 0 bridgehead atoms. The maximum Gasteiger partial charge on any atom is 0.191 e. The Morgan fingerprint density at radius 1 is 1.00 bits per heavy atom. The van der Waals surface area contributed by atoms with Crippen LogP contribution in [0.2, 0.25) is 0 Å². The molecule has 1 N–H and O–H groups in total. The molecule has 4 rings (SSSR count). The monoisotopic (exact) mass is 496 g/mol. The summed E-state index contributed by atoms with van der Waals surface area (Å²) in [6.07, 6.45) is 4.86. The first-order chi connectivity index (χ1) is 17.5. The highest BCUT2D eigenvalue weighted by Gasteiger charge is 2.21. The summed E-state index contributed by atoms with van der Waals surface area (Å²) in [5.74, 6) is -0.777. The Labute approximate surface area is 207 Å². The second-order valence-corrected chi connectivity index (χ2v) is 7.74. The molecule has 0 fully saturated rings. The number of rotatable bonds is 11. The topological polar surface area (TPSA) is 79.7 Å². The number of nitrogens with one attached hydrogen (secondary N) is 1. The molecule has 0 aliphatic rings. The molecule has 2 heterocycles. The number of hydrogen-bond acceptors (Lipinski definition) is 7. The van der Waals surface area contributed by atoms with Crippen LogP contribution in [-0.2, 0) is 13.1 Å². The van der Waals surface area contributed by atoms with Crippen molar-refractivity contribution >= 4 is 16.7 Å². The molecular weight excluding hydrogens is 470 g/mol. The maximum absolute atomic E-state index is 14.8. The van der Waals surface area contributed by atoms with Gasteiger partial charge >= 0.3 is 0 Å². The summed E-state index contributed by atoms with van der Waals surface area (Å²) in [6.45, 7) is 4.43. The van der Waals surface area contributed by atoms with Crippen LogP contribution < -0.4 is 24.3 Å². The van der Waals surface area contributed by atoms with Crippen molar-refractivity contribution in [2.24, 2.45) is 0 Å². The quantitative estimate of drug-likeness (QED) is 0.294. The van der Waals surface area contributed by atoms with Crippen molar-refractivity contribution in [3.05, 3.63) is 78.1 Å². The van der Waals surface area contributed by atoms with Crippen LogP contribution in [0.1, 0.15) is 11.1 Å². The van der Waals surface area contributed by atoms with Crippen molar-refractivity contribution < 1.29 is 27.7 Å². The van der Waals surface area contributed by atoms with Gasteiger partial charge in [-0.15, -0.1) is 0 Å². The maximum atomic E-state index is 14.8. The lowest BCUT2D eigenvalue weighted by atomic mass is 10.2. The first-order valence-corrected chi connectivity index (χ1v) is 11.0. The van der Waals surface area contributed by atoms with Crippen molar-refractivity contribution in [3.8, 4) is 23.0 Å². The zero-order valence-corrected chi connectivity index (χ0v) is 20.2. The van der Waals surface area contributed by atoms with E-state index in [0.717, 1.165) is 17.4 Å². The zero-order chi connectivity index (χ0) is 25.7. The predicted octanol–water partition coefficient (Wildman–Crippen LogP) is 4.96. The average molecular weight is 497 g/mol. The lowest BCUT2D eigenvalue weighted by Crippen LogP contribution is -2.09. The van der Waals surface area contributed by atoms with Crippen LogP contribution in [0.15, 0.2) is 55.4 Å². The van der Waals surface area contributed by atoms with E-state index in [1.807, 2.05) is 24.3 Å². The van der Waals surface area contributed by atoms with Crippen molar-refractivity contribution in [2.75, 3.05) is 33.3 Å². The number of fused-ring (bicyclic) bond motifs is 1. The summed E-state index contributed by atoms with van der Waals surface area (Å²) in [5, 5.41) is 7.93. The molecule has 0 saturated heterocycles. The molecule has 0 radical (unpaired) electrons. The SMILES string of the molecule is C=CCOc1c(CNc2c(F)c(OC)cc(OC)c2F)cnc2c1cnn2Cc1ccc(OC)cc1. The number of ether oxygens (including phenoxy) is 4. The van der Waals surface area contributed by atoms with Crippen LogP contribution in [0, 0.1) is 11.6 Å². The highest BCUT2D eigenvalue weighted by atomic mass is 19.1. The molecular formula is C26H26F2N4O4. The normalized spacial score (nSPS) is 10.8. The lowest BCUT2D eigenvalue weighted by Gasteiger charge is -2.16. The van der Waals surface area contributed by atoms with E-state index in [2.05, 4.69) is 22.0 Å². The van der Waals surface area contributed by atoms with Gasteiger partial charge in [-0.25, -0.2) is 18.4 Å². The third-order valence-electron chi connectivity index (χ3n) is 5.56. The lowest BCUT2D eigenvalue weighted by molar-refractivity contribution is 0.359. The molecule has 0 unspecified atom stereocenters. The molecule has 0 aliphatic carbocycles. The van der Waals surface area contributed by atoms with Crippen molar-refractivity contribution in [1.29, 1.82) is 0 Å². The number of methoxy groups -OCH3 is 3. The summed E-state index contributed by atoms with van der Waals surface area (Å²) in [5.41, 5.74) is 1.82. The van der Waals surface area contributed by atoms with E-state index < -0.39 is 11.6 Å². The van der Waals surface area contributed by atoms with Gasteiger partial charge in [-0.05, 0) is 17.7 Å². The highest BCUT2D eigenvalue weighted by molar-refractivity contribution is 5.83. The second-order valence-electron chi connectivity index (χ2n) is 7.74. The smallest absolute Gasteiger partial charge is 0.191 e. The summed E-state index contributed by atoms with van der Waals surface area (Å²) < 4.78 is 52.5. The van der Waals surface area contributed by atoms with Gasteiger partial charge < -0.3 is 24.3 Å². The van der Waals surface area contributed by atoms with E-state index in [1.165, 1.54) is 14.2 Å². The Bertz CT molecular complexity index is 1340. The zero-order valence-electron chi connectivity index (χ0n) is 20.2. The number of hydrogen-bond donors (Lipinski definition) is 1. The Morgan fingerprint density at radius 3 is 2.31 bits per heavy atom. The number of anilines is 1. The largest absolute Gasteiger partial charge is 0.497 e. The van der Waals surface area contributed by atoms with E-state index in [-0.39, 0.29) is 30.3 Å². The van der Waals surface area contributed by atoms with Crippen LogP contribution in [0.3, 0.4) is 0 Å². The average Bonchev–Trinajstić information content (AvgIpc) is 3.31. The Kier molecular flexibility index (Phi) is 7.53.